The van der Waals surface area contributed by atoms with Crippen molar-refractivity contribution in [3.05, 3.63) is 58.1 Å². The number of nitrogens with zero attached hydrogens (tertiary/aromatic N) is 1. The van der Waals surface area contributed by atoms with Crippen LogP contribution in [0.1, 0.15) is 31.9 Å². The molecular weight excluding hydrogens is 410 g/mol. The first-order valence-corrected chi connectivity index (χ1v) is 9.71. The Labute approximate surface area is 168 Å². The molecule has 0 aromatic heterocycles. The molecule has 6 heteroatoms. The van der Waals surface area contributed by atoms with Crippen molar-refractivity contribution >= 4 is 22.0 Å². The van der Waals surface area contributed by atoms with E-state index in [0.717, 1.165) is 21.3 Å². The normalized spacial score (nSPS) is 14.0. The number of benzene rings is 2. The van der Waals surface area contributed by atoms with Crippen molar-refractivity contribution in [1.29, 1.82) is 0 Å². The zero-order chi connectivity index (χ0) is 19.4. The van der Waals surface area contributed by atoms with Crippen molar-refractivity contribution in [2.45, 2.75) is 39.5 Å². The second-order valence-corrected chi connectivity index (χ2v) is 8.32. The molecule has 5 nitrogen and oxygen atoms in total. The molecule has 0 radical (unpaired) electrons. The van der Waals surface area contributed by atoms with Gasteiger partial charge in [-0.15, -0.1) is 0 Å². The number of hydrogen-bond acceptors (Lipinski definition) is 4. The van der Waals surface area contributed by atoms with Crippen LogP contribution in [-0.2, 0) is 17.9 Å². The molecule has 1 amide bonds. The maximum atomic E-state index is 12.5. The van der Waals surface area contributed by atoms with E-state index >= 15 is 0 Å². The highest BCUT2D eigenvalue weighted by atomic mass is 79.9. The fourth-order valence-electron chi connectivity index (χ4n) is 2.75. The third kappa shape index (κ3) is 5.39. The summed E-state index contributed by atoms with van der Waals surface area (Å²) < 4.78 is 18.3. The average molecular weight is 434 g/mol. The Morgan fingerprint density at radius 3 is 2.67 bits per heavy atom. The molecule has 0 spiro atoms. The van der Waals surface area contributed by atoms with Crippen molar-refractivity contribution in [3.8, 4) is 11.5 Å². The van der Waals surface area contributed by atoms with Gasteiger partial charge in [-0.25, -0.2) is 4.79 Å². The van der Waals surface area contributed by atoms with Gasteiger partial charge in [0.15, 0.2) is 0 Å². The van der Waals surface area contributed by atoms with Crippen LogP contribution in [0.25, 0.3) is 0 Å². The summed E-state index contributed by atoms with van der Waals surface area (Å²) in [6.07, 6.45) is -0.351. The van der Waals surface area contributed by atoms with E-state index in [1.54, 1.807) is 4.90 Å². The molecule has 0 atom stereocenters. The predicted octanol–water partition coefficient (Wildman–Crippen LogP) is 5.16. The molecule has 27 heavy (non-hydrogen) atoms. The molecule has 2 aromatic carbocycles. The van der Waals surface area contributed by atoms with E-state index in [4.69, 9.17) is 14.2 Å². The van der Waals surface area contributed by atoms with Crippen LogP contribution < -0.4 is 9.47 Å². The molecule has 144 valence electrons. The van der Waals surface area contributed by atoms with E-state index in [1.807, 2.05) is 63.2 Å². The standard InChI is InChI=1S/C21H24BrNO4/c1-21(2,3)27-20(24)23-9-10-25-18-11-16(22)12-19(17(18)13-23)26-14-15-7-5-4-6-8-15/h4-8,11-12H,9-10,13-14H2,1-3H3. The van der Waals surface area contributed by atoms with Crippen LogP contribution >= 0.6 is 15.9 Å². The summed E-state index contributed by atoms with van der Waals surface area (Å²) in [5.74, 6) is 1.41. The van der Waals surface area contributed by atoms with E-state index in [9.17, 15) is 4.79 Å². The Balaban J connectivity index is 1.82. The van der Waals surface area contributed by atoms with E-state index in [0.29, 0.717) is 32.1 Å². The molecule has 0 fully saturated rings. The number of hydrogen-bond donors (Lipinski definition) is 0. The van der Waals surface area contributed by atoms with Crippen LogP contribution in [0.2, 0.25) is 0 Å². The Morgan fingerprint density at radius 2 is 1.96 bits per heavy atom. The second-order valence-electron chi connectivity index (χ2n) is 7.41. The first-order valence-electron chi connectivity index (χ1n) is 8.92. The minimum absolute atomic E-state index is 0.351. The van der Waals surface area contributed by atoms with Gasteiger partial charge in [0, 0.05) is 4.47 Å². The van der Waals surface area contributed by atoms with Gasteiger partial charge in [0.1, 0.15) is 30.3 Å². The molecule has 0 saturated carbocycles. The maximum Gasteiger partial charge on any atom is 0.410 e. The van der Waals surface area contributed by atoms with Gasteiger partial charge < -0.3 is 19.1 Å². The lowest BCUT2D eigenvalue weighted by Crippen LogP contribution is -2.37. The lowest BCUT2D eigenvalue weighted by Gasteiger charge is -2.26. The van der Waals surface area contributed by atoms with E-state index in [2.05, 4.69) is 15.9 Å². The molecule has 1 aliphatic heterocycles. The Hall–Kier alpha value is -2.21. The number of rotatable bonds is 3. The molecule has 0 aliphatic carbocycles. The van der Waals surface area contributed by atoms with Gasteiger partial charge in [0.25, 0.3) is 0 Å². The highest BCUT2D eigenvalue weighted by Crippen LogP contribution is 2.36. The van der Waals surface area contributed by atoms with Crippen molar-refractivity contribution in [2.24, 2.45) is 0 Å². The van der Waals surface area contributed by atoms with Gasteiger partial charge in [-0.05, 0) is 38.5 Å². The minimum atomic E-state index is -0.542. The van der Waals surface area contributed by atoms with Gasteiger partial charge >= 0.3 is 6.09 Å². The third-order valence-corrected chi connectivity index (χ3v) is 4.45. The van der Waals surface area contributed by atoms with Crippen LogP contribution in [0.4, 0.5) is 4.79 Å². The topological polar surface area (TPSA) is 48.0 Å². The molecule has 2 aromatic rings. The van der Waals surface area contributed by atoms with Crippen LogP contribution in [-0.4, -0.2) is 29.7 Å². The van der Waals surface area contributed by atoms with E-state index < -0.39 is 5.60 Å². The molecule has 3 rings (SSSR count). The third-order valence-electron chi connectivity index (χ3n) is 3.99. The van der Waals surface area contributed by atoms with Gasteiger partial charge in [0.05, 0.1) is 18.7 Å². The van der Waals surface area contributed by atoms with E-state index in [1.165, 1.54) is 0 Å². The predicted molar refractivity (Wildman–Crippen MR) is 107 cm³/mol. The van der Waals surface area contributed by atoms with E-state index in [-0.39, 0.29) is 6.09 Å². The molecule has 0 unspecified atom stereocenters. The largest absolute Gasteiger partial charge is 0.491 e. The first-order chi connectivity index (χ1) is 12.8. The summed E-state index contributed by atoms with van der Waals surface area (Å²) in [6.45, 7) is 7.26. The van der Waals surface area contributed by atoms with Crippen molar-refractivity contribution in [1.82, 2.24) is 4.90 Å². The lowest BCUT2D eigenvalue weighted by molar-refractivity contribution is 0.0224. The van der Waals surface area contributed by atoms with Gasteiger partial charge in [-0.3, -0.25) is 0 Å². The van der Waals surface area contributed by atoms with Crippen LogP contribution in [0.3, 0.4) is 0 Å². The Morgan fingerprint density at radius 1 is 1.22 bits per heavy atom. The number of ether oxygens (including phenoxy) is 3. The summed E-state index contributed by atoms with van der Waals surface area (Å²) in [4.78, 5) is 14.2. The van der Waals surface area contributed by atoms with Crippen molar-refractivity contribution in [2.75, 3.05) is 13.2 Å². The SMILES string of the molecule is CC(C)(C)OC(=O)N1CCOc2cc(Br)cc(OCc3ccccc3)c2C1. The summed E-state index contributed by atoms with van der Waals surface area (Å²) in [5, 5.41) is 0. The number of carbonyl (C=O) groups is 1. The molecule has 0 N–H and O–H groups in total. The van der Waals surface area contributed by atoms with Gasteiger partial charge in [-0.2, -0.15) is 0 Å². The minimum Gasteiger partial charge on any atom is -0.491 e. The first kappa shape index (κ1) is 19.5. The summed E-state index contributed by atoms with van der Waals surface area (Å²) in [7, 11) is 0. The molecule has 1 heterocycles. The fraction of sp³-hybridized carbons (Fsp3) is 0.381. The fourth-order valence-corrected chi connectivity index (χ4v) is 3.17. The maximum absolute atomic E-state index is 12.5. The lowest BCUT2D eigenvalue weighted by atomic mass is 10.1. The summed E-state index contributed by atoms with van der Waals surface area (Å²) in [6, 6.07) is 13.8. The monoisotopic (exact) mass is 433 g/mol. The highest BCUT2D eigenvalue weighted by molar-refractivity contribution is 9.10. The molecule has 0 saturated heterocycles. The van der Waals surface area contributed by atoms with Gasteiger partial charge in [0.2, 0.25) is 0 Å². The second kappa shape index (κ2) is 8.21. The summed E-state index contributed by atoms with van der Waals surface area (Å²) in [5.41, 5.74) is 1.38. The number of amides is 1. The zero-order valence-corrected chi connectivity index (χ0v) is 17.4. The number of fused-ring (bicyclic) bond motifs is 1. The quantitative estimate of drug-likeness (QED) is 0.670. The summed E-state index contributed by atoms with van der Waals surface area (Å²) >= 11 is 3.51. The zero-order valence-electron chi connectivity index (χ0n) is 15.8. The molecule has 1 aliphatic rings. The Kier molecular flexibility index (Phi) is 5.95. The van der Waals surface area contributed by atoms with Gasteiger partial charge in [-0.1, -0.05) is 46.3 Å². The Bertz CT molecular complexity index is 802. The molecule has 0 bridgehead atoms. The van der Waals surface area contributed by atoms with Crippen LogP contribution in [0.15, 0.2) is 46.9 Å². The van der Waals surface area contributed by atoms with Crippen molar-refractivity contribution in [3.63, 3.8) is 0 Å². The highest BCUT2D eigenvalue weighted by Gasteiger charge is 2.27. The number of halogens is 1. The average Bonchev–Trinajstić information content (AvgIpc) is 2.81. The van der Waals surface area contributed by atoms with Crippen molar-refractivity contribution < 1.29 is 19.0 Å². The number of carbonyl (C=O) groups excluding carboxylic acids is 1. The van der Waals surface area contributed by atoms with Crippen LogP contribution in [0.5, 0.6) is 11.5 Å². The van der Waals surface area contributed by atoms with Crippen LogP contribution in [0, 0.1) is 0 Å². The smallest absolute Gasteiger partial charge is 0.410 e. The molecular formula is C21H24BrNO4.